The molecule has 0 bridgehead atoms. The number of benzene rings is 1. The van der Waals surface area contributed by atoms with Gasteiger partial charge in [0, 0.05) is 19.3 Å². The normalized spacial score (nSPS) is 10.3. The van der Waals surface area contributed by atoms with Crippen LogP contribution in [0.15, 0.2) is 46.9 Å². The first-order valence-corrected chi connectivity index (χ1v) is 6.92. The van der Waals surface area contributed by atoms with Crippen molar-refractivity contribution in [2.45, 2.75) is 13.5 Å². The van der Waals surface area contributed by atoms with Crippen molar-refractivity contribution in [1.82, 2.24) is 4.90 Å². The quantitative estimate of drug-likeness (QED) is 0.921. The molecule has 0 aliphatic rings. The second-order valence-corrected chi connectivity index (χ2v) is 4.79. The molecule has 1 heterocycles. The monoisotopic (exact) mass is 302 g/mol. The van der Waals surface area contributed by atoms with E-state index in [0.29, 0.717) is 12.3 Å². The highest BCUT2D eigenvalue weighted by molar-refractivity contribution is 5.91. The highest BCUT2D eigenvalue weighted by Crippen LogP contribution is 2.16. The van der Waals surface area contributed by atoms with E-state index in [-0.39, 0.29) is 18.3 Å². The zero-order valence-electron chi connectivity index (χ0n) is 12.5. The third kappa shape index (κ3) is 3.46. The maximum Gasteiger partial charge on any atom is 0.371 e. The molecule has 0 aliphatic carbocycles. The van der Waals surface area contributed by atoms with Crippen LogP contribution in [0.1, 0.15) is 23.2 Å². The molecule has 1 aromatic heterocycles. The summed E-state index contributed by atoms with van der Waals surface area (Å²) in [5.74, 6) is -0.830. The summed E-state index contributed by atoms with van der Waals surface area (Å²) < 4.78 is 5.17. The van der Waals surface area contributed by atoms with E-state index >= 15 is 0 Å². The summed E-state index contributed by atoms with van der Waals surface area (Å²) in [4.78, 5) is 26.4. The lowest BCUT2D eigenvalue weighted by Crippen LogP contribution is -2.40. The molecule has 2 rings (SSSR count). The number of carbonyl (C=O) groups is 2. The van der Waals surface area contributed by atoms with Crippen LogP contribution in [-0.4, -0.2) is 35.6 Å². The molecule has 2 aromatic rings. The van der Waals surface area contributed by atoms with Crippen molar-refractivity contribution in [1.29, 1.82) is 0 Å². The number of rotatable bonds is 5. The Kier molecular flexibility index (Phi) is 4.83. The maximum atomic E-state index is 12.5. The van der Waals surface area contributed by atoms with Crippen LogP contribution in [0.5, 0.6) is 0 Å². The first kappa shape index (κ1) is 15.6. The van der Waals surface area contributed by atoms with Crippen LogP contribution in [0.4, 0.5) is 10.5 Å². The predicted octanol–water partition coefficient (Wildman–Crippen LogP) is 3.06. The van der Waals surface area contributed by atoms with Gasteiger partial charge in [0.15, 0.2) is 0 Å². The molecule has 0 fully saturated rings. The minimum absolute atomic E-state index is 0.133. The molecule has 116 valence electrons. The molecule has 1 N–H and O–H groups in total. The Hall–Kier alpha value is -2.76. The van der Waals surface area contributed by atoms with Gasteiger partial charge >= 0.3 is 12.0 Å². The Morgan fingerprint density at radius 2 is 1.82 bits per heavy atom. The van der Waals surface area contributed by atoms with Gasteiger partial charge in [0.05, 0.1) is 6.54 Å². The molecule has 1 aromatic carbocycles. The van der Waals surface area contributed by atoms with E-state index in [9.17, 15) is 9.59 Å². The van der Waals surface area contributed by atoms with E-state index in [4.69, 9.17) is 9.52 Å². The maximum absolute atomic E-state index is 12.5. The number of carbonyl (C=O) groups excluding carboxylic acids is 1. The number of urea groups is 1. The highest BCUT2D eigenvalue weighted by Gasteiger charge is 2.19. The van der Waals surface area contributed by atoms with Crippen LogP contribution < -0.4 is 4.90 Å². The van der Waals surface area contributed by atoms with Crippen molar-refractivity contribution in [3.05, 3.63) is 54.0 Å². The molecule has 0 saturated carbocycles. The number of furan rings is 1. The Bertz CT molecular complexity index is 651. The van der Waals surface area contributed by atoms with Gasteiger partial charge in [-0.1, -0.05) is 18.2 Å². The summed E-state index contributed by atoms with van der Waals surface area (Å²) >= 11 is 0. The van der Waals surface area contributed by atoms with E-state index in [1.807, 2.05) is 37.3 Å². The number of para-hydroxylation sites is 1. The molecule has 22 heavy (non-hydrogen) atoms. The van der Waals surface area contributed by atoms with Gasteiger partial charge in [-0.2, -0.15) is 0 Å². The lowest BCUT2D eigenvalue weighted by molar-refractivity contribution is 0.0659. The van der Waals surface area contributed by atoms with Gasteiger partial charge in [-0.3, -0.25) is 4.90 Å². The van der Waals surface area contributed by atoms with Gasteiger partial charge < -0.3 is 14.4 Å². The molecule has 6 nitrogen and oxygen atoms in total. The van der Waals surface area contributed by atoms with E-state index in [1.54, 1.807) is 18.0 Å². The number of hydrogen-bond donors (Lipinski definition) is 1. The molecular formula is C16H18N2O4. The number of nitrogens with zero attached hydrogens (tertiary/aromatic N) is 2. The lowest BCUT2D eigenvalue weighted by atomic mass is 10.3. The minimum atomic E-state index is -1.13. The van der Waals surface area contributed by atoms with Gasteiger partial charge in [0.25, 0.3) is 0 Å². The topological polar surface area (TPSA) is 74.0 Å². The van der Waals surface area contributed by atoms with E-state index in [0.717, 1.165) is 5.69 Å². The molecular weight excluding hydrogens is 284 g/mol. The van der Waals surface area contributed by atoms with Crippen LogP contribution in [0, 0.1) is 0 Å². The molecule has 0 aliphatic heterocycles. The van der Waals surface area contributed by atoms with Crippen molar-refractivity contribution < 1.29 is 19.1 Å². The van der Waals surface area contributed by atoms with Gasteiger partial charge in [-0.25, -0.2) is 9.59 Å². The summed E-state index contributed by atoms with van der Waals surface area (Å²) in [5, 5.41) is 8.83. The summed E-state index contributed by atoms with van der Waals surface area (Å²) in [6.45, 7) is 2.63. The lowest BCUT2D eigenvalue weighted by Gasteiger charge is -2.26. The van der Waals surface area contributed by atoms with Gasteiger partial charge in [0.2, 0.25) is 5.76 Å². The van der Waals surface area contributed by atoms with Crippen LogP contribution in [0.2, 0.25) is 0 Å². The van der Waals surface area contributed by atoms with E-state index in [2.05, 4.69) is 0 Å². The van der Waals surface area contributed by atoms with Gasteiger partial charge in [-0.05, 0) is 31.2 Å². The fourth-order valence-corrected chi connectivity index (χ4v) is 2.12. The fourth-order valence-electron chi connectivity index (χ4n) is 2.12. The van der Waals surface area contributed by atoms with E-state index in [1.165, 1.54) is 11.0 Å². The summed E-state index contributed by atoms with van der Waals surface area (Å²) in [6.07, 6.45) is 0. The highest BCUT2D eigenvalue weighted by atomic mass is 16.4. The summed E-state index contributed by atoms with van der Waals surface area (Å²) in [5.41, 5.74) is 0.813. The first-order chi connectivity index (χ1) is 10.5. The molecule has 0 unspecified atom stereocenters. The standard InChI is InChI=1S/C16H18N2O4/c1-3-18(12-7-5-4-6-8-12)16(21)17(2)11-13-9-10-14(22-13)15(19)20/h4-10H,3,11H2,1-2H3,(H,19,20). The third-order valence-electron chi connectivity index (χ3n) is 3.21. The molecule has 0 spiro atoms. The van der Waals surface area contributed by atoms with Gasteiger partial charge in [0.1, 0.15) is 5.76 Å². The number of amides is 2. The smallest absolute Gasteiger partial charge is 0.371 e. The SMILES string of the molecule is CCN(C(=O)N(C)Cc1ccc(C(=O)O)o1)c1ccccc1. The molecule has 2 amide bonds. The van der Waals surface area contributed by atoms with Crippen molar-refractivity contribution in [2.24, 2.45) is 0 Å². The van der Waals surface area contributed by atoms with Crippen molar-refractivity contribution >= 4 is 17.7 Å². The molecule has 6 heteroatoms. The zero-order valence-corrected chi connectivity index (χ0v) is 12.5. The van der Waals surface area contributed by atoms with Crippen molar-refractivity contribution in [2.75, 3.05) is 18.5 Å². The Labute approximate surface area is 128 Å². The Morgan fingerprint density at radius 3 is 2.36 bits per heavy atom. The van der Waals surface area contributed by atoms with E-state index < -0.39 is 5.97 Å². The molecule has 0 radical (unpaired) electrons. The number of aromatic carboxylic acids is 1. The van der Waals surface area contributed by atoms with Crippen LogP contribution in [-0.2, 0) is 6.54 Å². The number of carboxylic acids is 1. The average molecular weight is 302 g/mol. The van der Waals surface area contributed by atoms with Crippen LogP contribution in [0.25, 0.3) is 0 Å². The largest absolute Gasteiger partial charge is 0.475 e. The number of hydrogen-bond acceptors (Lipinski definition) is 3. The van der Waals surface area contributed by atoms with Gasteiger partial charge in [-0.15, -0.1) is 0 Å². The second kappa shape index (κ2) is 6.80. The predicted molar refractivity (Wildman–Crippen MR) is 82.0 cm³/mol. The molecule has 0 atom stereocenters. The zero-order chi connectivity index (χ0) is 16.1. The second-order valence-electron chi connectivity index (χ2n) is 4.79. The Morgan fingerprint density at radius 1 is 1.14 bits per heavy atom. The summed E-state index contributed by atoms with van der Waals surface area (Å²) in [6, 6.07) is 12.1. The van der Waals surface area contributed by atoms with Crippen molar-refractivity contribution in [3.8, 4) is 0 Å². The molecule has 0 saturated heterocycles. The van der Waals surface area contributed by atoms with Crippen LogP contribution in [0.3, 0.4) is 0 Å². The fraction of sp³-hybridized carbons (Fsp3) is 0.250. The first-order valence-electron chi connectivity index (χ1n) is 6.92. The minimum Gasteiger partial charge on any atom is -0.475 e. The Balaban J connectivity index is 2.08. The number of anilines is 1. The van der Waals surface area contributed by atoms with Crippen LogP contribution >= 0.6 is 0 Å². The average Bonchev–Trinajstić information content (AvgIpc) is 2.97. The third-order valence-corrected chi connectivity index (χ3v) is 3.21. The summed E-state index contributed by atoms with van der Waals surface area (Å²) in [7, 11) is 1.65. The van der Waals surface area contributed by atoms with Crippen molar-refractivity contribution in [3.63, 3.8) is 0 Å². The number of carboxylic acid groups (broad SMARTS) is 1.